The number of aryl methyl sites for hydroxylation is 1. The molecule has 4 rings (SSSR count). The van der Waals surface area contributed by atoms with Crippen molar-refractivity contribution in [3.8, 4) is 10.4 Å². The maximum absolute atomic E-state index is 12.8. The Bertz CT molecular complexity index is 1230. The van der Waals surface area contributed by atoms with Crippen LogP contribution >= 0.6 is 27.3 Å². The predicted molar refractivity (Wildman–Crippen MR) is 117 cm³/mol. The van der Waals surface area contributed by atoms with Crippen molar-refractivity contribution in [3.63, 3.8) is 0 Å². The smallest absolute Gasteiger partial charge is 0.271 e. The van der Waals surface area contributed by atoms with Gasteiger partial charge in [-0.3, -0.25) is 14.2 Å². The molecule has 28 heavy (non-hydrogen) atoms. The van der Waals surface area contributed by atoms with Crippen LogP contribution in [0.2, 0.25) is 0 Å². The molecule has 5 nitrogen and oxygen atoms in total. The summed E-state index contributed by atoms with van der Waals surface area (Å²) in [6.07, 6.45) is 1.43. The van der Waals surface area contributed by atoms with E-state index in [4.69, 9.17) is 0 Å². The number of benzene rings is 2. The molecule has 2 aromatic heterocycles. The van der Waals surface area contributed by atoms with Crippen molar-refractivity contribution < 1.29 is 4.79 Å². The van der Waals surface area contributed by atoms with E-state index >= 15 is 0 Å². The van der Waals surface area contributed by atoms with E-state index in [2.05, 4.69) is 26.2 Å². The predicted octanol–water partition coefficient (Wildman–Crippen LogP) is 4.83. The maximum Gasteiger partial charge on any atom is 0.271 e. The number of halogens is 1. The fourth-order valence-corrected chi connectivity index (χ4v) is 4.53. The van der Waals surface area contributed by atoms with Gasteiger partial charge in [0.05, 0.1) is 17.5 Å². The number of fused-ring (bicyclic) bond motifs is 1. The van der Waals surface area contributed by atoms with Gasteiger partial charge in [0.2, 0.25) is 5.91 Å². The first-order valence-corrected chi connectivity index (χ1v) is 10.2. The summed E-state index contributed by atoms with van der Waals surface area (Å²) >= 11 is 4.83. The lowest BCUT2D eigenvalue weighted by molar-refractivity contribution is -0.116. The van der Waals surface area contributed by atoms with Gasteiger partial charge in [0.15, 0.2) is 0 Å². The van der Waals surface area contributed by atoms with E-state index in [-0.39, 0.29) is 18.0 Å². The monoisotopic (exact) mass is 453 g/mol. The third-order valence-electron chi connectivity index (χ3n) is 4.27. The number of thiophene rings is 1. The number of aromatic nitrogens is 2. The normalized spacial score (nSPS) is 10.9. The Morgan fingerprint density at radius 1 is 1.18 bits per heavy atom. The van der Waals surface area contributed by atoms with Crippen molar-refractivity contribution in [2.24, 2.45) is 0 Å². The van der Waals surface area contributed by atoms with Crippen molar-refractivity contribution >= 4 is 49.1 Å². The molecule has 0 spiro atoms. The van der Waals surface area contributed by atoms with Crippen LogP contribution in [0.25, 0.3) is 20.7 Å². The third-order valence-corrected chi connectivity index (χ3v) is 6.09. The van der Waals surface area contributed by atoms with Crippen LogP contribution < -0.4 is 10.9 Å². The Balaban J connectivity index is 1.59. The van der Waals surface area contributed by atoms with Gasteiger partial charge in [0.25, 0.3) is 5.56 Å². The van der Waals surface area contributed by atoms with Crippen LogP contribution in [0.1, 0.15) is 5.56 Å². The van der Waals surface area contributed by atoms with Gasteiger partial charge in [0, 0.05) is 9.35 Å². The summed E-state index contributed by atoms with van der Waals surface area (Å²) in [5.41, 5.74) is 3.23. The van der Waals surface area contributed by atoms with E-state index < -0.39 is 0 Å². The van der Waals surface area contributed by atoms with E-state index in [0.29, 0.717) is 15.9 Å². The van der Waals surface area contributed by atoms with Crippen LogP contribution in [0.3, 0.4) is 0 Å². The van der Waals surface area contributed by atoms with Crippen molar-refractivity contribution in [3.05, 3.63) is 81.3 Å². The maximum atomic E-state index is 12.8. The zero-order valence-electron chi connectivity index (χ0n) is 15.0. The lowest BCUT2D eigenvalue weighted by atomic mass is 10.2. The molecule has 2 aromatic carbocycles. The molecular weight excluding hydrogens is 438 g/mol. The Labute approximate surface area is 173 Å². The van der Waals surface area contributed by atoms with E-state index in [9.17, 15) is 9.59 Å². The second-order valence-corrected chi connectivity index (χ2v) is 8.31. The molecule has 2 heterocycles. The number of hydrogen-bond donors (Lipinski definition) is 1. The van der Waals surface area contributed by atoms with E-state index in [1.165, 1.54) is 22.2 Å². The van der Waals surface area contributed by atoms with Crippen LogP contribution in [0.5, 0.6) is 0 Å². The number of anilines is 1. The minimum absolute atomic E-state index is 0.0966. The summed E-state index contributed by atoms with van der Waals surface area (Å²) < 4.78 is 2.68. The summed E-state index contributed by atoms with van der Waals surface area (Å²) in [6.45, 7) is 1.88. The highest BCUT2D eigenvalue weighted by molar-refractivity contribution is 9.10. The number of carbonyl (C=O) groups excluding carboxylic acids is 1. The van der Waals surface area contributed by atoms with Gasteiger partial charge >= 0.3 is 0 Å². The topological polar surface area (TPSA) is 64.0 Å². The third kappa shape index (κ3) is 3.76. The quantitative estimate of drug-likeness (QED) is 0.480. The second-order valence-electron chi connectivity index (χ2n) is 6.40. The van der Waals surface area contributed by atoms with Crippen molar-refractivity contribution in [1.29, 1.82) is 0 Å². The second kappa shape index (κ2) is 7.69. The number of hydrogen-bond acceptors (Lipinski definition) is 4. The molecule has 0 unspecified atom stereocenters. The summed E-state index contributed by atoms with van der Waals surface area (Å²) in [4.78, 5) is 30.6. The van der Waals surface area contributed by atoms with Gasteiger partial charge in [-0.05, 0) is 52.2 Å². The van der Waals surface area contributed by atoms with Gasteiger partial charge < -0.3 is 5.32 Å². The molecule has 0 radical (unpaired) electrons. The van der Waals surface area contributed by atoms with Gasteiger partial charge in [-0.2, -0.15) is 0 Å². The molecule has 1 amide bonds. The number of carbonyl (C=O) groups is 1. The van der Waals surface area contributed by atoms with Crippen molar-refractivity contribution in [2.75, 3.05) is 5.32 Å². The summed E-state index contributed by atoms with van der Waals surface area (Å²) in [5.74, 6) is -0.285. The first-order valence-electron chi connectivity index (χ1n) is 8.61. The lowest BCUT2D eigenvalue weighted by Crippen LogP contribution is -2.27. The zero-order valence-corrected chi connectivity index (χ0v) is 17.4. The van der Waals surface area contributed by atoms with Gasteiger partial charge in [-0.15, -0.1) is 11.3 Å². The number of rotatable bonds is 4. The van der Waals surface area contributed by atoms with Crippen LogP contribution in [0.4, 0.5) is 5.69 Å². The highest BCUT2D eigenvalue weighted by atomic mass is 79.9. The molecule has 0 aliphatic rings. The fourth-order valence-electron chi connectivity index (χ4n) is 2.87. The minimum Gasteiger partial charge on any atom is -0.324 e. The molecule has 7 heteroatoms. The molecule has 0 saturated carbocycles. The molecule has 140 valence electrons. The summed E-state index contributed by atoms with van der Waals surface area (Å²) in [7, 11) is 0. The Morgan fingerprint density at radius 2 is 1.96 bits per heavy atom. The minimum atomic E-state index is -0.285. The molecule has 0 saturated heterocycles. The van der Waals surface area contributed by atoms with E-state index in [0.717, 1.165) is 20.5 Å². The first-order chi connectivity index (χ1) is 13.5. The molecule has 1 N–H and O–H groups in total. The van der Waals surface area contributed by atoms with Crippen LogP contribution in [0, 0.1) is 6.92 Å². The summed E-state index contributed by atoms with van der Waals surface area (Å²) in [6, 6.07) is 17.4. The highest BCUT2D eigenvalue weighted by Gasteiger charge is 2.13. The molecule has 0 aliphatic carbocycles. The Morgan fingerprint density at radius 3 is 2.71 bits per heavy atom. The standard InChI is InChI=1S/C21H16BrN3O2S/c1-13-7-8-16(15(22)9-13)24-19(26)11-25-12-23-17-10-18(28-20(17)21(25)27)14-5-3-2-4-6-14/h2-10,12H,11H2,1H3,(H,24,26). The molecule has 4 aromatic rings. The van der Waals surface area contributed by atoms with Gasteiger partial charge in [-0.25, -0.2) is 4.98 Å². The molecule has 0 atom stereocenters. The largest absolute Gasteiger partial charge is 0.324 e. The summed E-state index contributed by atoms with van der Waals surface area (Å²) in [5, 5.41) is 2.82. The molecule has 0 aliphatic heterocycles. The fraction of sp³-hybridized carbons (Fsp3) is 0.0952. The Kier molecular flexibility index (Phi) is 5.11. The number of nitrogens with one attached hydrogen (secondary N) is 1. The average molecular weight is 454 g/mol. The molecular formula is C21H16BrN3O2S. The molecule has 0 bridgehead atoms. The van der Waals surface area contributed by atoms with E-state index in [1.54, 1.807) is 0 Å². The van der Waals surface area contributed by atoms with Gasteiger partial charge in [0.1, 0.15) is 11.2 Å². The zero-order chi connectivity index (χ0) is 19.7. The number of nitrogens with zero attached hydrogens (tertiary/aromatic N) is 2. The average Bonchev–Trinajstić information content (AvgIpc) is 3.12. The first kappa shape index (κ1) is 18.6. The Hall–Kier alpha value is -2.77. The molecule has 0 fully saturated rings. The SMILES string of the molecule is Cc1ccc(NC(=O)Cn2cnc3cc(-c4ccccc4)sc3c2=O)c(Br)c1. The van der Waals surface area contributed by atoms with Crippen LogP contribution in [-0.4, -0.2) is 15.5 Å². The lowest BCUT2D eigenvalue weighted by Gasteiger charge is -2.09. The van der Waals surface area contributed by atoms with Crippen LogP contribution in [-0.2, 0) is 11.3 Å². The highest BCUT2D eigenvalue weighted by Crippen LogP contribution is 2.30. The van der Waals surface area contributed by atoms with Crippen LogP contribution in [0.15, 0.2) is 70.2 Å². The number of amides is 1. The van der Waals surface area contributed by atoms with Gasteiger partial charge in [-0.1, -0.05) is 36.4 Å². The van der Waals surface area contributed by atoms with Crippen molar-refractivity contribution in [1.82, 2.24) is 9.55 Å². The van der Waals surface area contributed by atoms with E-state index in [1.807, 2.05) is 61.5 Å². The van der Waals surface area contributed by atoms with Crippen molar-refractivity contribution in [2.45, 2.75) is 13.5 Å².